The van der Waals surface area contributed by atoms with Crippen LogP contribution in [0.4, 0.5) is 0 Å². The third-order valence-electron chi connectivity index (χ3n) is 6.52. The lowest BCUT2D eigenvalue weighted by atomic mass is 10.1. The quantitative estimate of drug-likeness (QED) is 0.125. The summed E-state index contributed by atoms with van der Waals surface area (Å²) in [6.07, 6.45) is 8.06. The van der Waals surface area contributed by atoms with Crippen molar-refractivity contribution in [2.75, 3.05) is 26.2 Å². The number of benzene rings is 2. The first-order valence-corrected chi connectivity index (χ1v) is 13.8. The van der Waals surface area contributed by atoms with Crippen molar-refractivity contribution < 1.29 is 9.59 Å². The molecular formula is C30H39N9O2. The van der Waals surface area contributed by atoms with Gasteiger partial charge in [-0.25, -0.2) is 9.97 Å². The predicted molar refractivity (Wildman–Crippen MR) is 158 cm³/mol. The highest BCUT2D eigenvalue weighted by molar-refractivity contribution is 5.82. The van der Waals surface area contributed by atoms with E-state index in [1.54, 1.807) is 12.7 Å². The van der Waals surface area contributed by atoms with E-state index in [0.717, 1.165) is 11.4 Å². The number of aromatic nitrogens is 4. The van der Waals surface area contributed by atoms with Crippen LogP contribution in [0.2, 0.25) is 0 Å². The van der Waals surface area contributed by atoms with Gasteiger partial charge in [0.1, 0.15) is 0 Å². The molecule has 2 heterocycles. The second-order valence-electron chi connectivity index (χ2n) is 10.00. The zero-order chi connectivity index (χ0) is 28.9. The molecule has 2 atom stereocenters. The van der Waals surface area contributed by atoms with Crippen molar-refractivity contribution in [1.29, 1.82) is 0 Å². The molecule has 0 spiro atoms. The predicted octanol–water partition coefficient (Wildman–Crippen LogP) is 0.438. The SMILES string of the molecule is N[C@@H](Cc1cn(Cc2ccccc2)cn1)C(=O)NCCNCCNC(=O)[C@@H](N)Cc1cn(Cc2ccccc2)cn1. The molecule has 2 amide bonds. The van der Waals surface area contributed by atoms with Gasteiger partial charge in [0.25, 0.3) is 0 Å². The topological polar surface area (TPSA) is 158 Å². The number of imidazole rings is 2. The van der Waals surface area contributed by atoms with Gasteiger partial charge >= 0.3 is 0 Å². The normalized spacial score (nSPS) is 12.5. The number of nitrogens with two attached hydrogens (primary N) is 2. The first-order valence-electron chi connectivity index (χ1n) is 13.8. The van der Waals surface area contributed by atoms with E-state index in [1.807, 2.05) is 57.9 Å². The van der Waals surface area contributed by atoms with E-state index >= 15 is 0 Å². The lowest BCUT2D eigenvalue weighted by molar-refractivity contribution is -0.123. The largest absolute Gasteiger partial charge is 0.353 e. The van der Waals surface area contributed by atoms with Crippen LogP contribution < -0.4 is 27.4 Å². The molecular weight excluding hydrogens is 518 g/mol. The minimum Gasteiger partial charge on any atom is -0.353 e. The molecule has 0 radical (unpaired) electrons. The zero-order valence-corrected chi connectivity index (χ0v) is 23.2. The summed E-state index contributed by atoms with van der Waals surface area (Å²) in [7, 11) is 0. The molecule has 0 saturated heterocycles. The van der Waals surface area contributed by atoms with Gasteiger partial charge in [0.15, 0.2) is 0 Å². The molecule has 0 unspecified atom stereocenters. The zero-order valence-electron chi connectivity index (χ0n) is 23.2. The van der Waals surface area contributed by atoms with E-state index in [2.05, 4.69) is 50.2 Å². The van der Waals surface area contributed by atoms with Crippen LogP contribution in [0.3, 0.4) is 0 Å². The lowest BCUT2D eigenvalue weighted by Crippen LogP contribution is -2.46. The minimum absolute atomic E-state index is 0.227. The van der Waals surface area contributed by atoms with E-state index in [9.17, 15) is 9.59 Å². The summed E-state index contributed by atoms with van der Waals surface area (Å²) < 4.78 is 3.96. The Morgan fingerprint density at radius 3 is 1.49 bits per heavy atom. The van der Waals surface area contributed by atoms with Gasteiger partial charge in [0.2, 0.25) is 11.8 Å². The summed E-state index contributed by atoms with van der Waals surface area (Å²) in [6, 6.07) is 18.8. The van der Waals surface area contributed by atoms with Crippen LogP contribution in [-0.2, 0) is 35.5 Å². The third kappa shape index (κ3) is 9.98. The first-order chi connectivity index (χ1) is 20.0. The maximum absolute atomic E-state index is 12.4. The summed E-state index contributed by atoms with van der Waals surface area (Å²) in [6.45, 7) is 3.37. The molecule has 0 aliphatic rings. The maximum Gasteiger partial charge on any atom is 0.237 e. The average molecular weight is 558 g/mol. The molecule has 216 valence electrons. The molecule has 4 rings (SSSR count). The monoisotopic (exact) mass is 557 g/mol. The Kier molecular flexibility index (Phi) is 11.2. The van der Waals surface area contributed by atoms with E-state index in [0.29, 0.717) is 52.1 Å². The smallest absolute Gasteiger partial charge is 0.237 e. The molecule has 41 heavy (non-hydrogen) atoms. The number of rotatable bonds is 16. The highest BCUT2D eigenvalue weighted by Crippen LogP contribution is 2.07. The molecule has 2 aromatic heterocycles. The van der Waals surface area contributed by atoms with Crippen LogP contribution >= 0.6 is 0 Å². The molecule has 0 aliphatic carbocycles. The molecule has 0 aliphatic heterocycles. The minimum atomic E-state index is -0.680. The fraction of sp³-hybridized carbons (Fsp3) is 0.333. The number of carbonyl (C=O) groups excluding carboxylic acids is 2. The van der Waals surface area contributed by atoms with Gasteiger partial charge < -0.3 is 36.6 Å². The molecule has 11 nitrogen and oxygen atoms in total. The third-order valence-corrected chi connectivity index (χ3v) is 6.52. The standard InChI is InChI=1S/C30H39N9O2/c31-27(15-25-19-38(21-36-25)17-23-7-3-1-4-8-23)29(40)34-13-11-33-12-14-35-30(41)28(32)16-26-20-39(22-37-26)18-24-9-5-2-6-10-24/h1-10,19-22,27-28,33H,11-18,31-32H2,(H,34,40)(H,35,41)/t27-,28-/m0/s1. The van der Waals surface area contributed by atoms with Crippen LogP contribution in [0, 0.1) is 0 Å². The van der Waals surface area contributed by atoms with Crippen LogP contribution in [0.1, 0.15) is 22.5 Å². The summed E-state index contributed by atoms with van der Waals surface area (Å²) >= 11 is 0. The highest BCUT2D eigenvalue weighted by atomic mass is 16.2. The first kappa shape index (κ1) is 29.7. The summed E-state index contributed by atoms with van der Waals surface area (Å²) in [5, 5.41) is 8.85. The molecule has 2 aromatic carbocycles. The Bertz CT molecular complexity index is 1250. The van der Waals surface area contributed by atoms with Crippen molar-refractivity contribution >= 4 is 11.8 Å². The fourth-order valence-electron chi connectivity index (χ4n) is 4.36. The molecule has 0 bridgehead atoms. The van der Waals surface area contributed by atoms with Gasteiger partial charge in [-0.2, -0.15) is 0 Å². The van der Waals surface area contributed by atoms with Crippen LogP contribution in [-0.4, -0.2) is 69.2 Å². The van der Waals surface area contributed by atoms with E-state index < -0.39 is 12.1 Å². The van der Waals surface area contributed by atoms with E-state index in [4.69, 9.17) is 11.5 Å². The van der Waals surface area contributed by atoms with Gasteiger partial charge in [-0.1, -0.05) is 60.7 Å². The van der Waals surface area contributed by atoms with Crippen molar-refractivity contribution in [2.45, 2.75) is 38.0 Å². The maximum atomic E-state index is 12.4. The average Bonchev–Trinajstić information content (AvgIpc) is 3.62. The number of amides is 2. The Hall–Kier alpha value is -4.32. The second kappa shape index (κ2) is 15.5. The number of hydrogen-bond acceptors (Lipinski definition) is 7. The summed E-state index contributed by atoms with van der Waals surface area (Å²) in [4.78, 5) is 33.5. The number of hydrogen-bond donors (Lipinski definition) is 5. The van der Waals surface area contributed by atoms with Gasteiger partial charge in [-0.05, 0) is 11.1 Å². The number of nitrogens with one attached hydrogen (secondary N) is 3. The second-order valence-corrected chi connectivity index (χ2v) is 10.00. The summed E-state index contributed by atoms with van der Waals surface area (Å²) in [5.74, 6) is -0.454. The number of carbonyl (C=O) groups is 2. The molecule has 7 N–H and O–H groups in total. The lowest BCUT2D eigenvalue weighted by Gasteiger charge is -2.13. The Morgan fingerprint density at radius 2 is 1.07 bits per heavy atom. The highest BCUT2D eigenvalue weighted by Gasteiger charge is 2.16. The summed E-state index contributed by atoms with van der Waals surface area (Å²) in [5.41, 5.74) is 16.1. The Morgan fingerprint density at radius 1 is 0.659 bits per heavy atom. The van der Waals surface area contributed by atoms with Gasteiger partial charge in [-0.15, -0.1) is 0 Å². The number of nitrogens with zero attached hydrogens (tertiary/aromatic N) is 4. The molecule has 0 saturated carbocycles. The van der Waals surface area contributed by atoms with Crippen LogP contribution in [0.5, 0.6) is 0 Å². The molecule has 11 heteroatoms. The van der Waals surface area contributed by atoms with Crippen molar-refractivity contribution in [2.24, 2.45) is 11.5 Å². The van der Waals surface area contributed by atoms with Crippen LogP contribution in [0.15, 0.2) is 85.7 Å². The van der Waals surface area contributed by atoms with Crippen molar-refractivity contribution in [3.63, 3.8) is 0 Å². The van der Waals surface area contributed by atoms with Gasteiger partial charge in [0.05, 0.1) is 36.1 Å². The van der Waals surface area contributed by atoms with Crippen molar-refractivity contribution in [1.82, 2.24) is 35.1 Å². The van der Waals surface area contributed by atoms with Gasteiger partial charge in [-0.3, -0.25) is 9.59 Å². The molecule has 4 aromatic rings. The van der Waals surface area contributed by atoms with Crippen molar-refractivity contribution in [3.05, 3.63) is 108 Å². The van der Waals surface area contributed by atoms with E-state index in [1.165, 1.54) is 11.1 Å². The Balaban J connectivity index is 1.04. The van der Waals surface area contributed by atoms with Gasteiger partial charge in [0, 0.05) is 64.5 Å². The van der Waals surface area contributed by atoms with Crippen molar-refractivity contribution in [3.8, 4) is 0 Å². The molecule has 0 fully saturated rings. The fourth-order valence-corrected chi connectivity index (χ4v) is 4.36. The Labute approximate surface area is 240 Å². The van der Waals surface area contributed by atoms with Crippen LogP contribution in [0.25, 0.3) is 0 Å². The van der Waals surface area contributed by atoms with E-state index in [-0.39, 0.29) is 11.8 Å².